The van der Waals surface area contributed by atoms with E-state index in [-0.39, 0.29) is 5.54 Å². The van der Waals surface area contributed by atoms with Crippen LogP contribution in [0.3, 0.4) is 0 Å². The Kier molecular flexibility index (Phi) is 6.20. The molecule has 1 aliphatic carbocycles. The van der Waals surface area contributed by atoms with Gasteiger partial charge in [0.15, 0.2) is 0 Å². The smallest absolute Gasteiger partial charge is 0.113 e. The van der Waals surface area contributed by atoms with Crippen molar-refractivity contribution >= 4 is 11.3 Å². The predicted molar refractivity (Wildman–Crippen MR) is 90.1 cm³/mol. The van der Waals surface area contributed by atoms with Crippen LogP contribution in [0.5, 0.6) is 0 Å². The van der Waals surface area contributed by atoms with E-state index in [9.17, 15) is 0 Å². The van der Waals surface area contributed by atoms with E-state index >= 15 is 0 Å². The van der Waals surface area contributed by atoms with E-state index in [1.165, 1.54) is 41.3 Å². The van der Waals surface area contributed by atoms with Crippen molar-refractivity contribution in [2.75, 3.05) is 20.3 Å². The predicted octanol–water partition coefficient (Wildman–Crippen LogP) is 3.91. The van der Waals surface area contributed by atoms with Gasteiger partial charge in [-0.2, -0.15) is 0 Å². The van der Waals surface area contributed by atoms with Crippen molar-refractivity contribution in [3.8, 4) is 0 Å². The fraction of sp³-hybridized carbons (Fsp3) is 0.824. The number of rotatable bonds is 9. The van der Waals surface area contributed by atoms with Crippen molar-refractivity contribution in [2.24, 2.45) is 5.92 Å². The van der Waals surface area contributed by atoms with Gasteiger partial charge >= 0.3 is 0 Å². The molecule has 0 aliphatic heterocycles. The minimum atomic E-state index is 0.0307. The highest BCUT2D eigenvalue weighted by Gasteiger charge is 2.35. The van der Waals surface area contributed by atoms with Gasteiger partial charge in [-0.25, -0.2) is 4.98 Å². The van der Waals surface area contributed by atoms with Crippen LogP contribution in [0.2, 0.25) is 0 Å². The first kappa shape index (κ1) is 16.9. The number of hydrogen-bond donors (Lipinski definition) is 1. The largest absolute Gasteiger partial charge is 0.383 e. The summed E-state index contributed by atoms with van der Waals surface area (Å²) in [6.45, 7) is 8.57. The molecule has 21 heavy (non-hydrogen) atoms. The van der Waals surface area contributed by atoms with Gasteiger partial charge < -0.3 is 10.1 Å². The summed E-state index contributed by atoms with van der Waals surface area (Å²) in [5.74, 6) is 0.707. The molecular weight excluding hydrogens is 280 g/mol. The Labute approximate surface area is 133 Å². The molecule has 1 N–H and O–H groups in total. The molecule has 0 radical (unpaired) electrons. The summed E-state index contributed by atoms with van der Waals surface area (Å²) in [5.41, 5.74) is 1.40. The molecule has 1 aliphatic rings. The van der Waals surface area contributed by atoms with Crippen LogP contribution in [0, 0.1) is 5.92 Å². The number of fused-ring (bicyclic) bond motifs is 1. The van der Waals surface area contributed by atoms with Crippen molar-refractivity contribution < 1.29 is 4.74 Å². The molecule has 1 aromatic rings. The summed E-state index contributed by atoms with van der Waals surface area (Å²) in [7, 11) is 1.77. The number of thiazole rings is 1. The number of methoxy groups -OCH3 is 1. The van der Waals surface area contributed by atoms with Crippen LogP contribution in [0.1, 0.15) is 62.0 Å². The summed E-state index contributed by atoms with van der Waals surface area (Å²) in [6.07, 6.45) is 7.17. The fourth-order valence-corrected chi connectivity index (χ4v) is 4.58. The maximum atomic E-state index is 5.23. The zero-order valence-electron chi connectivity index (χ0n) is 14.0. The monoisotopic (exact) mass is 310 g/mol. The molecule has 4 heteroatoms. The zero-order chi connectivity index (χ0) is 15.3. The second-order valence-corrected chi connectivity index (χ2v) is 7.40. The molecular formula is C17H30N2OS. The number of nitrogens with one attached hydrogen (secondary N) is 1. The maximum Gasteiger partial charge on any atom is 0.113 e. The Bertz CT molecular complexity index is 424. The van der Waals surface area contributed by atoms with E-state index in [1.54, 1.807) is 7.11 Å². The Morgan fingerprint density at radius 2 is 2.19 bits per heavy atom. The highest BCUT2D eigenvalue weighted by atomic mass is 32.1. The van der Waals surface area contributed by atoms with Gasteiger partial charge in [-0.05, 0) is 38.0 Å². The van der Waals surface area contributed by atoms with Gasteiger partial charge in [0.05, 0.1) is 17.8 Å². The van der Waals surface area contributed by atoms with Gasteiger partial charge in [0.1, 0.15) is 5.01 Å². The Hall–Kier alpha value is -0.450. The van der Waals surface area contributed by atoms with Crippen LogP contribution < -0.4 is 5.32 Å². The van der Waals surface area contributed by atoms with Crippen molar-refractivity contribution in [3.63, 3.8) is 0 Å². The lowest BCUT2D eigenvalue weighted by molar-refractivity contribution is 0.171. The van der Waals surface area contributed by atoms with Gasteiger partial charge in [0.25, 0.3) is 0 Å². The Balaban J connectivity index is 2.22. The average Bonchev–Trinajstić information content (AvgIpc) is 3.07. The van der Waals surface area contributed by atoms with Crippen molar-refractivity contribution in [1.29, 1.82) is 0 Å². The second kappa shape index (κ2) is 7.70. The third-order valence-electron chi connectivity index (χ3n) is 4.77. The number of ether oxygens (including phenoxy) is 1. The zero-order valence-corrected chi connectivity index (χ0v) is 14.8. The van der Waals surface area contributed by atoms with Crippen molar-refractivity contribution in [3.05, 3.63) is 15.6 Å². The first-order valence-corrected chi connectivity index (χ1v) is 9.19. The van der Waals surface area contributed by atoms with E-state index in [0.717, 1.165) is 26.0 Å². The normalized spacial score (nSPS) is 18.5. The summed E-state index contributed by atoms with van der Waals surface area (Å²) in [4.78, 5) is 6.54. The van der Waals surface area contributed by atoms with Gasteiger partial charge in [-0.15, -0.1) is 11.3 Å². The van der Waals surface area contributed by atoms with Gasteiger partial charge in [-0.1, -0.05) is 27.2 Å². The van der Waals surface area contributed by atoms with E-state index in [2.05, 4.69) is 26.1 Å². The number of hydrogen-bond acceptors (Lipinski definition) is 4. The lowest BCUT2D eigenvalue weighted by atomic mass is 9.85. The first-order valence-electron chi connectivity index (χ1n) is 8.38. The molecule has 1 heterocycles. The molecule has 1 aromatic heterocycles. The molecule has 0 spiro atoms. The maximum absolute atomic E-state index is 5.23. The lowest BCUT2D eigenvalue weighted by Crippen LogP contribution is -2.44. The molecule has 120 valence electrons. The van der Waals surface area contributed by atoms with Gasteiger partial charge in [-0.3, -0.25) is 0 Å². The lowest BCUT2D eigenvalue weighted by Gasteiger charge is -2.34. The third kappa shape index (κ3) is 3.85. The van der Waals surface area contributed by atoms with Crippen LogP contribution in [0.25, 0.3) is 0 Å². The summed E-state index contributed by atoms with van der Waals surface area (Å²) < 4.78 is 5.23. The molecule has 0 bridgehead atoms. The minimum absolute atomic E-state index is 0.0307. The molecule has 0 fully saturated rings. The summed E-state index contributed by atoms with van der Waals surface area (Å²) >= 11 is 1.95. The van der Waals surface area contributed by atoms with Crippen molar-refractivity contribution in [1.82, 2.24) is 10.3 Å². The van der Waals surface area contributed by atoms with E-state index in [1.807, 2.05) is 11.3 Å². The molecule has 0 aromatic carbocycles. The fourth-order valence-electron chi connectivity index (χ4n) is 3.18. The topological polar surface area (TPSA) is 34.1 Å². The quantitative estimate of drug-likeness (QED) is 0.702. The molecule has 0 saturated carbocycles. The molecule has 2 atom stereocenters. The van der Waals surface area contributed by atoms with Crippen LogP contribution >= 0.6 is 11.3 Å². The van der Waals surface area contributed by atoms with Gasteiger partial charge in [0.2, 0.25) is 0 Å². The minimum Gasteiger partial charge on any atom is -0.383 e. The van der Waals surface area contributed by atoms with E-state index < -0.39 is 0 Å². The number of nitrogens with zero attached hydrogens (tertiary/aromatic N) is 1. The van der Waals surface area contributed by atoms with E-state index in [0.29, 0.717) is 5.92 Å². The molecule has 0 amide bonds. The summed E-state index contributed by atoms with van der Waals surface area (Å²) in [6, 6.07) is 0. The first-order chi connectivity index (χ1) is 10.1. The Morgan fingerprint density at radius 1 is 1.38 bits per heavy atom. The highest BCUT2D eigenvalue weighted by Crippen LogP contribution is 2.39. The average molecular weight is 311 g/mol. The molecule has 3 nitrogen and oxygen atoms in total. The number of aryl methyl sites for hydroxylation is 2. The SMILES string of the molecule is CCC(C)CC(CC)(NCCOC)c1nc2c(s1)CCC2. The Morgan fingerprint density at radius 3 is 2.81 bits per heavy atom. The van der Waals surface area contributed by atoms with Crippen LogP contribution in [-0.2, 0) is 23.1 Å². The molecule has 0 saturated heterocycles. The van der Waals surface area contributed by atoms with Crippen LogP contribution in [0.15, 0.2) is 0 Å². The summed E-state index contributed by atoms with van der Waals surface area (Å²) in [5, 5.41) is 5.09. The van der Waals surface area contributed by atoms with Crippen molar-refractivity contribution in [2.45, 2.75) is 64.8 Å². The van der Waals surface area contributed by atoms with Crippen LogP contribution in [-0.4, -0.2) is 25.2 Å². The highest BCUT2D eigenvalue weighted by molar-refractivity contribution is 7.12. The number of aromatic nitrogens is 1. The standard InChI is InChI=1S/C17H30N2OS/c1-5-13(3)12-17(6-2,18-10-11-20-4)16-19-14-8-7-9-15(14)21-16/h13,18H,5-12H2,1-4H3. The molecule has 2 rings (SSSR count). The van der Waals surface area contributed by atoms with E-state index in [4.69, 9.17) is 9.72 Å². The second-order valence-electron chi connectivity index (χ2n) is 6.32. The van der Waals surface area contributed by atoms with Gasteiger partial charge in [0, 0.05) is 18.5 Å². The van der Waals surface area contributed by atoms with Crippen LogP contribution in [0.4, 0.5) is 0 Å². The third-order valence-corrected chi connectivity index (χ3v) is 6.13. The molecule has 2 unspecified atom stereocenters.